The van der Waals surface area contributed by atoms with Crippen molar-refractivity contribution in [2.75, 3.05) is 0 Å². The summed E-state index contributed by atoms with van der Waals surface area (Å²) >= 11 is 5.49. The fourth-order valence-electron chi connectivity index (χ4n) is 0.741. The van der Waals surface area contributed by atoms with Crippen LogP contribution in [0.3, 0.4) is 0 Å². The van der Waals surface area contributed by atoms with Crippen LogP contribution >= 0.6 is 11.6 Å². The molecule has 0 heterocycles. The smallest absolute Gasteiger partial charge is 0.480 e. The molecule has 0 rings (SSSR count). The number of hydrogen-bond acceptors (Lipinski definition) is 6. The Bertz CT molecular complexity index is 312. The van der Waals surface area contributed by atoms with Gasteiger partial charge in [0.1, 0.15) is 11.4 Å². The maximum absolute atomic E-state index is 10.2. The summed E-state index contributed by atoms with van der Waals surface area (Å²) in [6, 6.07) is -0.766. The van der Waals surface area contributed by atoms with Gasteiger partial charge in [0.2, 0.25) is 0 Å². The summed E-state index contributed by atoms with van der Waals surface area (Å²) < 4.78 is 0. The molecule has 0 bridgehead atoms. The number of halogens is 1. The van der Waals surface area contributed by atoms with Gasteiger partial charge in [-0.1, -0.05) is 49.0 Å². The quantitative estimate of drug-likeness (QED) is 0.270. The molecule has 0 unspecified atom stereocenters. The Morgan fingerprint density at radius 1 is 1.04 bits per heavy atom. The molecule has 10 heteroatoms. The van der Waals surface area contributed by atoms with Gasteiger partial charge in [-0.15, -0.1) is 16.9 Å². The van der Waals surface area contributed by atoms with E-state index in [1.807, 2.05) is 0 Å². The predicted molar refractivity (Wildman–Crippen MR) is 87.7 cm³/mol. The van der Waals surface area contributed by atoms with E-state index in [4.69, 9.17) is 37.7 Å². The molecule has 8 nitrogen and oxygen atoms in total. The molecule has 2 atom stereocenters. The molecule has 0 spiro atoms. The van der Waals surface area contributed by atoms with E-state index in [2.05, 4.69) is 0 Å². The minimum atomic E-state index is -0.954. The fraction of sp³-hybridized carbons (Fsp3) is 0.846. The maximum atomic E-state index is 10.2. The van der Waals surface area contributed by atoms with Gasteiger partial charge < -0.3 is 26.1 Å². The minimum Gasteiger partial charge on any atom is -0.480 e. The second-order valence-electron chi connectivity index (χ2n) is 6.32. The van der Waals surface area contributed by atoms with Crippen molar-refractivity contribution in [3.63, 3.8) is 0 Å². The Kier molecular flexibility index (Phi) is 22.4. The van der Waals surface area contributed by atoms with Crippen LogP contribution in [0.1, 0.15) is 49.0 Å². The monoisotopic (exact) mass is 366 g/mol. The maximum Gasteiger partial charge on any atom is 1.00 e. The number of carboxylic acids is 2. The van der Waals surface area contributed by atoms with Gasteiger partial charge in [0.05, 0.1) is 0 Å². The van der Waals surface area contributed by atoms with E-state index in [0.29, 0.717) is 0 Å². The zero-order chi connectivity index (χ0) is 18.0. The fourth-order valence-corrected chi connectivity index (χ4v) is 0.741. The van der Waals surface area contributed by atoms with Crippen LogP contribution in [-0.4, -0.2) is 33.6 Å². The van der Waals surface area contributed by atoms with E-state index in [-0.39, 0.29) is 47.8 Å². The third-order valence-corrected chi connectivity index (χ3v) is 3.02. The van der Waals surface area contributed by atoms with Crippen molar-refractivity contribution in [1.82, 2.24) is 0 Å². The Labute approximate surface area is 165 Å². The van der Waals surface area contributed by atoms with Crippen molar-refractivity contribution in [2.45, 2.75) is 60.4 Å². The van der Waals surface area contributed by atoms with E-state index >= 15 is 0 Å². The van der Waals surface area contributed by atoms with Crippen LogP contribution in [0.5, 0.6) is 0 Å². The number of aliphatic carboxylic acids is 2. The summed E-state index contributed by atoms with van der Waals surface area (Å²) in [6.45, 7) is 10.8. The van der Waals surface area contributed by atoms with Crippen molar-refractivity contribution in [2.24, 2.45) is 21.9 Å². The molecule has 0 radical (unpaired) electrons. The van der Waals surface area contributed by atoms with Gasteiger partial charge in [0.15, 0.2) is 0 Å². The molecule has 4 N–H and O–H groups in total. The summed E-state index contributed by atoms with van der Waals surface area (Å²) in [5.41, 5.74) is 4.60. The standard InChI is InChI=1S/C6H11ClO2.C6H13NO2.CH4.HNO2.Na/c2*1-6(2,3)4(7)5(8)9;;2-1-3;/h4H,1-3H3,(H,8,9);4H,7H2,1-3H3,(H,8,9);1H4;(H,2,3);/q;;;;+1/p-1/t2*4-;;;/m11.../s1. The molecule has 134 valence electrons. The van der Waals surface area contributed by atoms with Crippen LogP contribution < -0.4 is 35.3 Å². The number of alkyl halides is 1. The predicted octanol–water partition coefficient (Wildman–Crippen LogP) is 0.0596. The minimum absolute atomic E-state index is 0. The zero-order valence-corrected chi connectivity index (χ0v) is 16.8. The van der Waals surface area contributed by atoms with Crippen LogP contribution in [0.25, 0.3) is 0 Å². The molecule has 0 saturated carbocycles. The van der Waals surface area contributed by atoms with Crippen LogP contribution in [0.2, 0.25) is 0 Å². The van der Waals surface area contributed by atoms with Crippen molar-refractivity contribution >= 4 is 23.5 Å². The molecule has 0 aliphatic carbocycles. The molecule has 0 aromatic carbocycles. The average Bonchev–Trinajstić information content (AvgIpc) is 2.26. The summed E-state index contributed by atoms with van der Waals surface area (Å²) in [5, 5.41) is 25.0. The third kappa shape index (κ3) is 21.6. The molecule has 0 aromatic heterocycles. The summed E-state index contributed by atoms with van der Waals surface area (Å²) in [6.07, 6.45) is 0. The average molecular weight is 367 g/mol. The first-order chi connectivity index (χ1) is 9.12. The topological polar surface area (TPSA) is 153 Å². The van der Waals surface area contributed by atoms with Gasteiger partial charge in [-0.05, 0) is 10.8 Å². The first-order valence-corrected chi connectivity index (χ1v) is 6.36. The Balaban J connectivity index is -0.0000000746. The zero-order valence-electron chi connectivity index (χ0n) is 14.1. The van der Waals surface area contributed by atoms with E-state index in [1.165, 1.54) is 0 Å². The molecular formula is C13H28ClN2NaO6. The van der Waals surface area contributed by atoms with Gasteiger partial charge in [0.25, 0.3) is 0 Å². The first-order valence-electron chi connectivity index (χ1n) is 5.93. The van der Waals surface area contributed by atoms with E-state index in [1.54, 1.807) is 41.5 Å². The molecule has 0 saturated heterocycles. The Hall–Kier alpha value is -0.410. The normalized spacial score (nSPS) is 12.3. The molecule has 0 amide bonds. The molecule has 0 aliphatic heterocycles. The van der Waals surface area contributed by atoms with Crippen LogP contribution in [-0.2, 0) is 9.59 Å². The molecule has 0 aromatic rings. The number of carbonyl (C=O) groups is 2. The largest absolute Gasteiger partial charge is 1.00 e. The number of carboxylic acid groups (broad SMARTS) is 2. The summed E-state index contributed by atoms with van der Waals surface area (Å²) in [7, 11) is 0. The summed E-state index contributed by atoms with van der Waals surface area (Å²) in [4.78, 5) is 28.4. The van der Waals surface area contributed by atoms with Crippen molar-refractivity contribution in [3.05, 3.63) is 10.1 Å². The Morgan fingerprint density at radius 2 is 1.30 bits per heavy atom. The molecule has 23 heavy (non-hydrogen) atoms. The molecule has 0 aliphatic rings. The number of nitrogens with two attached hydrogens (primary N) is 1. The van der Waals surface area contributed by atoms with Gasteiger partial charge in [0, 0.05) is 0 Å². The number of hydrogen-bond donors (Lipinski definition) is 3. The second-order valence-corrected chi connectivity index (χ2v) is 6.76. The Morgan fingerprint density at radius 3 is 1.30 bits per heavy atom. The van der Waals surface area contributed by atoms with Crippen molar-refractivity contribution in [1.29, 1.82) is 0 Å². The van der Waals surface area contributed by atoms with Gasteiger partial charge in [-0.25, -0.2) is 0 Å². The number of nitrogens with zero attached hydrogens (tertiary/aromatic N) is 1. The molecular weight excluding hydrogens is 339 g/mol. The van der Waals surface area contributed by atoms with Crippen molar-refractivity contribution < 1.29 is 49.4 Å². The van der Waals surface area contributed by atoms with E-state index in [0.717, 1.165) is 5.34 Å². The first kappa shape index (κ1) is 34.0. The number of rotatable bonds is 2. The SMILES string of the molecule is C.CC(C)(C)[C@H](Cl)C(=O)O.CC(C)(C)[C@H](N)C(=O)O.O=N[O-].[Na+]. The van der Waals surface area contributed by atoms with Gasteiger partial charge in [-0.2, -0.15) is 0 Å². The van der Waals surface area contributed by atoms with E-state index < -0.39 is 23.4 Å². The molecule has 0 fully saturated rings. The second kappa shape index (κ2) is 15.1. The van der Waals surface area contributed by atoms with Crippen molar-refractivity contribution in [3.8, 4) is 0 Å². The van der Waals surface area contributed by atoms with Crippen LogP contribution in [0, 0.1) is 20.9 Å². The summed E-state index contributed by atoms with van der Waals surface area (Å²) in [5.74, 6) is -1.90. The van der Waals surface area contributed by atoms with Gasteiger partial charge >= 0.3 is 41.5 Å². The third-order valence-electron chi connectivity index (χ3n) is 2.18. The van der Waals surface area contributed by atoms with E-state index in [9.17, 15) is 9.59 Å². The van der Waals surface area contributed by atoms with Crippen LogP contribution in [0.4, 0.5) is 0 Å². The van der Waals surface area contributed by atoms with Gasteiger partial charge in [-0.3, -0.25) is 9.59 Å². The van der Waals surface area contributed by atoms with Crippen LogP contribution in [0.15, 0.2) is 5.34 Å².